The van der Waals surface area contributed by atoms with E-state index in [-0.39, 0.29) is 16.8 Å². The Morgan fingerprint density at radius 3 is 1.93 bits per heavy atom. The van der Waals surface area contributed by atoms with Gasteiger partial charge in [0.05, 0.1) is 18.4 Å². The lowest BCUT2D eigenvalue weighted by atomic mass is 9.86. The normalized spacial score (nSPS) is 12.8. The van der Waals surface area contributed by atoms with Crippen LogP contribution in [0.1, 0.15) is 102 Å². The van der Waals surface area contributed by atoms with E-state index in [1.54, 1.807) is 6.08 Å². The Hall–Kier alpha value is -3.38. The minimum atomic E-state index is -2.87. The number of hydrogen-bond acceptors (Lipinski definition) is 3. The van der Waals surface area contributed by atoms with Gasteiger partial charge in [-0.15, -0.1) is 6.58 Å². The van der Waals surface area contributed by atoms with Crippen LogP contribution in [-0.2, 0) is 17.5 Å². The number of aromatic nitrogens is 1. The van der Waals surface area contributed by atoms with Crippen LogP contribution in [0.4, 0.5) is 4.39 Å². The van der Waals surface area contributed by atoms with Gasteiger partial charge in [0, 0.05) is 11.3 Å². The molecule has 45 heavy (non-hydrogen) atoms. The first-order chi connectivity index (χ1) is 21.5. The van der Waals surface area contributed by atoms with Crippen LogP contribution in [0.25, 0.3) is 11.1 Å². The van der Waals surface area contributed by atoms with E-state index >= 15 is 0 Å². The van der Waals surface area contributed by atoms with E-state index in [1.807, 2.05) is 12.1 Å². The summed E-state index contributed by atoms with van der Waals surface area (Å²) in [7, 11) is -2.87. The standard InChI is InChI=1S/C40H50FNO2Si/c1-8-10-13-23-34-37(30-24-26-31(41)27-25-30)35(38(29(3)4)42-39(34)36(43)18-9-2)28-44-45(40(5,6)7,32-19-14-11-15-20-32)33-21-16-12-17-22-33/h9,11-12,14-17,19-22,24-27,29,36,43H,2,8,10,13,18,23,28H2,1,3-7H3. The number of nitrogens with zero attached hydrogens (tertiary/aromatic N) is 1. The quantitative estimate of drug-likeness (QED) is 0.0864. The Morgan fingerprint density at radius 1 is 0.867 bits per heavy atom. The Bertz CT molecular complexity index is 1490. The number of hydrogen-bond donors (Lipinski definition) is 1. The van der Waals surface area contributed by atoms with Gasteiger partial charge in [0.1, 0.15) is 5.82 Å². The average Bonchev–Trinajstić information content (AvgIpc) is 3.02. The third kappa shape index (κ3) is 7.54. The van der Waals surface area contributed by atoms with Gasteiger partial charge in [-0.05, 0) is 69.4 Å². The molecule has 1 unspecified atom stereocenters. The summed E-state index contributed by atoms with van der Waals surface area (Å²) in [5.74, 6) is -0.206. The van der Waals surface area contributed by atoms with E-state index in [0.29, 0.717) is 18.7 Å². The lowest BCUT2D eigenvalue weighted by molar-refractivity contribution is 0.175. The summed E-state index contributed by atoms with van der Waals surface area (Å²) in [6, 6.07) is 28.1. The molecule has 0 aliphatic rings. The smallest absolute Gasteiger partial charge is 0.261 e. The van der Waals surface area contributed by atoms with Crippen molar-refractivity contribution in [2.24, 2.45) is 0 Å². The summed E-state index contributed by atoms with van der Waals surface area (Å²) in [4.78, 5) is 5.25. The Morgan fingerprint density at radius 2 is 1.44 bits per heavy atom. The minimum Gasteiger partial charge on any atom is -0.403 e. The molecule has 5 heteroatoms. The number of aliphatic hydroxyl groups is 1. The molecule has 1 aromatic heterocycles. The third-order valence-electron chi connectivity index (χ3n) is 8.73. The molecule has 0 saturated carbocycles. The first-order valence-electron chi connectivity index (χ1n) is 16.4. The molecule has 3 nitrogen and oxygen atoms in total. The second-order valence-corrected chi connectivity index (χ2v) is 17.6. The molecule has 4 aromatic rings. The van der Waals surface area contributed by atoms with Gasteiger partial charge in [0.15, 0.2) is 0 Å². The highest BCUT2D eigenvalue weighted by molar-refractivity contribution is 6.99. The predicted octanol–water partition coefficient (Wildman–Crippen LogP) is 9.43. The van der Waals surface area contributed by atoms with Crippen molar-refractivity contribution in [1.29, 1.82) is 0 Å². The third-order valence-corrected chi connectivity index (χ3v) is 13.7. The molecule has 0 spiro atoms. The van der Waals surface area contributed by atoms with E-state index in [1.165, 1.54) is 22.5 Å². The number of benzene rings is 3. The van der Waals surface area contributed by atoms with Gasteiger partial charge in [-0.3, -0.25) is 4.98 Å². The minimum absolute atomic E-state index is 0.0707. The van der Waals surface area contributed by atoms with E-state index in [4.69, 9.17) is 9.41 Å². The lowest BCUT2D eigenvalue weighted by Crippen LogP contribution is -2.66. The summed E-state index contributed by atoms with van der Waals surface area (Å²) in [6.07, 6.45) is 5.26. The molecule has 4 rings (SSSR count). The fraction of sp³-hybridized carbons (Fsp3) is 0.375. The first kappa shape index (κ1) is 34.5. The SMILES string of the molecule is C=CCC(O)c1nc(C(C)C)c(CO[Si](c2ccccc2)(c2ccccc2)C(C)(C)C)c(-c2ccc(F)cc2)c1CCCCC. The molecular formula is C40H50FNO2Si. The molecular weight excluding hydrogens is 574 g/mol. The van der Waals surface area contributed by atoms with Crippen molar-refractivity contribution < 1.29 is 13.9 Å². The van der Waals surface area contributed by atoms with Crippen LogP contribution < -0.4 is 10.4 Å². The summed E-state index contributed by atoms with van der Waals surface area (Å²) in [5, 5.41) is 13.7. The molecule has 3 aromatic carbocycles. The van der Waals surface area contributed by atoms with E-state index < -0.39 is 14.4 Å². The van der Waals surface area contributed by atoms with Crippen LogP contribution in [0.2, 0.25) is 5.04 Å². The van der Waals surface area contributed by atoms with Gasteiger partial charge in [-0.1, -0.05) is 133 Å². The molecule has 1 atom stereocenters. The molecule has 0 fully saturated rings. The van der Waals surface area contributed by atoms with Gasteiger partial charge in [-0.2, -0.15) is 0 Å². The molecule has 1 N–H and O–H groups in total. The number of rotatable bonds is 14. The number of unbranched alkanes of at least 4 members (excludes halogenated alkanes) is 2. The van der Waals surface area contributed by atoms with Crippen molar-refractivity contribution in [3.05, 3.63) is 126 Å². The van der Waals surface area contributed by atoms with Crippen molar-refractivity contribution in [3.8, 4) is 11.1 Å². The van der Waals surface area contributed by atoms with Crippen molar-refractivity contribution >= 4 is 18.7 Å². The zero-order valence-corrected chi connectivity index (χ0v) is 28.9. The molecule has 0 bridgehead atoms. The van der Waals surface area contributed by atoms with Crippen LogP contribution in [0.15, 0.2) is 97.6 Å². The van der Waals surface area contributed by atoms with Crippen molar-refractivity contribution in [2.75, 3.05) is 0 Å². The van der Waals surface area contributed by atoms with Gasteiger partial charge >= 0.3 is 0 Å². The van der Waals surface area contributed by atoms with Crippen molar-refractivity contribution in [1.82, 2.24) is 4.98 Å². The molecule has 0 aliphatic heterocycles. The van der Waals surface area contributed by atoms with Gasteiger partial charge < -0.3 is 9.53 Å². The summed E-state index contributed by atoms with van der Waals surface area (Å²) < 4.78 is 21.8. The fourth-order valence-corrected chi connectivity index (χ4v) is 11.1. The Kier molecular flexibility index (Phi) is 11.7. The Balaban J connectivity index is 2.03. The Labute approximate surface area is 271 Å². The number of pyridine rings is 1. The van der Waals surface area contributed by atoms with Crippen LogP contribution in [0, 0.1) is 5.82 Å². The maximum Gasteiger partial charge on any atom is 0.261 e. The molecule has 0 amide bonds. The summed E-state index contributed by atoms with van der Waals surface area (Å²) >= 11 is 0. The molecule has 238 valence electrons. The predicted molar refractivity (Wildman–Crippen MR) is 189 cm³/mol. The maximum absolute atomic E-state index is 14.3. The largest absolute Gasteiger partial charge is 0.403 e. The van der Waals surface area contributed by atoms with E-state index in [9.17, 15) is 9.50 Å². The zero-order valence-electron chi connectivity index (χ0n) is 27.9. The van der Waals surface area contributed by atoms with E-state index in [2.05, 4.69) is 109 Å². The highest BCUT2D eigenvalue weighted by Crippen LogP contribution is 2.41. The van der Waals surface area contributed by atoms with Crippen molar-refractivity contribution in [2.45, 2.75) is 97.3 Å². The van der Waals surface area contributed by atoms with Crippen LogP contribution in [-0.4, -0.2) is 18.4 Å². The topological polar surface area (TPSA) is 42.4 Å². The molecule has 1 heterocycles. The second-order valence-electron chi connectivity index (χ2n) is 13.3. The monoisotopic (exact) mass is 623 g/mol. The fourth-order valence-electron chi connectivity index (χ4n) is 6.58. The molecule has 0 saturated heterocycles. The number of halogens is 1. The van der Waals surface area contributed by atoms with Crippen LogP contribution in [0.3, 0.4) is 0 Å². The zero-order chi connectivity index (χ0) is 32.6. The second kappa shape index (κ2) is 15.3. The molecule has 0 radical (unpaired) electrons. The highest BCUT2D eigenvalue weighted by atomic mass is 28.4. The average molecular weight is 624 g/mol. The van der Waals surface area contributed by atoms with Gasteiger partial charge in [-0.25, -0.2) is 4.39 Å². The lowest BCUT2D eigenvalue weighted by Gasteiger charge is -2.43. The summed E-state index contributed by atoms with van der Waals surface area (Å²) in [5.41, 5.74) is 5.58. The number of aliphatic hydroxyl groups excluding tert-OH is 1. The van der Waals surface area contributed by atoms with Crippen LogP contribution >= 0.6 is 0 Å². The van der Waals surface area contributed by atoms with Crippen molar-refractivity contribution in [3.63, 3.8) is 0 Å². The summed E-state index contributed by atoms with van der Waals surface area (Å²) in [6.45, 7) is 17.6. The highest BCUT2D eigenvalue weighted by Gasteiger charge is 2.50. The van der Waals surface area contributed by atoms with Gasteiger partial charge in [0.2, 0.25) is 0 Å². The first-order valence-corrected chi connectivity index (χ1v) is 18.3. The maximum atomic E-state index is 14.3. The molecule has 0 aliphatic carbocycles. The van der Waals surface area contributed by atoms with Gasteiger partial charge in [0.25, 0.3) is 8.32 Å². The van der Waals surface area contributed by atoms with E-state index in [0.717, 1.165) is 53.6 Å². The van der Waals surface area contributed by atoms with Crippen LogP contribution in [0.5, 0.6) is 0 Å².